The van der Waals surface area contributed by atoms with Crippen LogP contribution in [0.25, 0.3) is 0 Å². The Kier molecular flexibility index (Phi) is 4.99. The SMILES string of the molecule is Cc1ccccc1CN1CCN(C(=O)c2ccccc2Cl)CC1. The number of aryl methyl sites for hydroxylation is 1. The van der Waals surface area contributed by atoms with Gasteiger partial charge in [0.15, 0.2) is 0 Å². The molecule has 1 aliphatic rings. The van der Waals surface area contributed by atoms with Crippen LogP contribution in [0.1, 0.15) is 21.5 Å². The summed E-state index contributed by atoms with van der Waals surface area (Å²) >= 11 is 6.13. The van der Waals surface area contributed by atoms with Gasteiger partial charge < -0.3 is 4.90 Å². The first-order chi connectivity index (χ1) is 11.1. The Hall–Kier alpha value is -1.84. The number of rotatable bonds is 3. The molecule has 0 radical (unpaired) electrons. The van der Waals surface area contributed by atoms with E-state index in [1.807, 2.05) is 17.0 Å². The van der Waals surface area contributed by atoms with Gasteiger partial charge in [-0.2, -0.15) is 0 Å². The Labute approximate surface area is 142 Å². The summed E-state index contributed by atoms with van der Waals surface area (Å²) < 4.78 is 0. The third kappa shape index (κ3) is 3.74. The minimum atomic E-state index is 0.0335. The molecule has 0 aromatic heterocycles. The first kappa shape index (κ1) is 16.0. The summed E-state index contributed by atoms with van der Waals surface area (Å²) in [6.07, 6.45) is 0. The van der Waals surface area contributed by atoms with Gasteiger partial charge in [-0.3, -0.25) is 9.69 Å². The summed E-state index contributed by atoms with van der Waals surface area (Å²) in [5.41, 5.74) is 3.28. The van der Waals surface area contributed by atoms with Crippen LogP contribution in [0.4, 0.5) is 0 Å². The maximum Gasteiger partial charge on any atom is 0.255 e. The smallest absolute Gasteiger partial charge is 0.255 e. The van der Waals surface area contributed by atoms with Crippen molar-refractivity contribution in [3.05, 3.63) is 70.2 Å². The van der Waals surface area contributed by atoms with E-state index >= 15 is 0 Å². The molecule has 1 amide bonds. The molecule has 4 heteroatoms. The van der Waals surface area contributed by atoms with Crippen molar-refractivity contribution in [2.45, 2.75) is 13.5 Å². The van der Waals surface area contributed by atoms with Crippen LogP contribution in [0.2, 0.25) is 5.02 Å². The molecule has 2 aromatic rings. The molecule has 1 saturated heterocycles. The van der Waals surface area contributed by atoms with Gasteiger partial charge in [-0.05, 0) is 30.2 Å². The van der Waals surface area contributed by atoms with Crippen molar-refractivity contribution in [1.82, 2.24) is 9.80 Å². The number of carbonyl (C=O) groups is 1. The third-order valence-corrected chi connectivity index (χ3v) is 4.75. The number of carbonyl (C=O) groups excluding carboxylic acids is 1. The van der Waals surface area contributed by atoms with Gasteiger partial charge in [0.25, 0.3) is 5.91 Å². The summed E-state index contributed by atoms with van der Waals surface area (Å²) in [6, 6.07) is 15.7. The van der Waals surface area contributed by atoms with Crippen molar-refractivity contribution < 1.29 is 4.79 Å². The Bertz CT molecular complexity index is 693. The van der Waals surface area contributed by atoms with E-state index in [9.17, 15) is 4.79 Å². The van der Waals surface area contributed by atoms with Crippen molar-refractivity contribution in [1.29, 1.82) is 0 Å². The Balaban J connectivity index is 1.59. The van der Waals surface area contributed by atoms with Gasteiger partial charge in [0.1, 0.15) is 0 Å². The number of hydrogen-bond donors (Lipinski definition) is 0. The van der Waals surface area contributed by atoms with Crippen molar-refractivity contribution in [2.75, 3.05) is 26.2 Å². The predicted octanol–water partition coefficient (Wildman–Crippen LogP) is 3.61. The molecule has 0 bridgehead atoms. The van der Waals surface area contributed by atoms with Crippen LogP contribution in [0.3, 0.4) is 0 Å². The molecule has 1 fully saturated rings. The van der Waals surface area contributed by atoms with Gasteiger partial charge in [0.05, 0.1) is 10.6 Å². The second-order valence-corrected chi connectivity index (χ2v) is 6.38. The average molecular weight is 329 g/mol. The number of piperazine rings is 1. The van der Waals surface area contributed by atoms with E-state index in [-0.39, 0.29) is 5.91 Å². The fourth-order valence-corrected chi connectivity index (χ4v) is 3.16. The molecule has 120 valence electrons. The van der Waals surface area contributed by atoms with Gasteiger partial charge in [-0.25, -0.2) is 0 Å². The number of hydrogen-bond acceptors (Lipinski definition) is 2. The molecule has 23 heavy (non-hydrogen) atoms. The minimum Gasteiger partial charge on any atom is -0.336 e. The van der Waals surface area contributed by atoms with Crippen LogP contribution in [0.5, 0.6) is 0 Å². The number of halogens is 1. The Morgan fingerprint density at radius 2 is 1.65 bits per heavy atom. The zero-order valence-electron chi connectivity index (χ0n) is 13.3. The van der Waals surface area contributed by atoms with E-state index in [1.54, 1.807) is 12.1 Å². The van der Waals surface area contributed by atoms with E-state index in [4.69, 9.17) is 11.6 Å². The normalized spacial score (nSPS) is 15.7. The van der Waals surface area contributed by atoms with E-state index in [2.05, 4.69) is 36.1 Å². The van der Waals surface area contributed by atoms with Gasteiger partial charge in [-0.15, -0.1) is 0 Å². The lowest BCUT2D eigenvalue weighted by Gasteiger charge is -2.35. The number of amides is 1. The predicted molar refractivity (Wildman–Crippen MR) is 93.8 cm³/mol. The Morgan fingerprint density at radius 1 is 1.00 bits per heavy atom. The summed E-state index contributed by atoms with van der Waals surface area (Å²) in [4.78, 5) is 16.9. The highest BCUT2D eigenvalue weighted by molar-refractivity contribution is 6.33. The van der Waals surface area contributed by atoms with Crippen LogP contribution >= 0.6 is 11.6 Å². The van der Waals surface area contributed by atoms with Crippen molar-refractivity contribution in [3.63, 3.8) is 0 Å². The quantitative estimate of drug-likeness (QED) is 0.859. The highest BCUT2D eigenvalue weighted by Gasteiger charge is 2.23. The molecule has 3 rings (SSSR count). The summed E-state index contributed by atoms with van der Waals surface area (Å²) in [6.45, 7) is 6.37. The van der Waals surface area contributed by atoms with Crippen molar-refractivity contribution in [2.24, 2.45) is 0 Å². The topological polar surface area (TPSA) is 23.6 Å². The minimum absolute atomic E-state index is 0.0335. The molecular weight excluding hydrogens is 308 g/mol. The molecule has 3 nitrogen and oxygen atoms in total. The lowest BCUT2D eigenvalue weighted by atomic mass is 10.1. The van der Waals surface area contributed by atoms with Gasteiger partial charge in [0.2, 0.25) is 0 Å². The second kappa shape index (κ2) is 7.16. The summed E-state index contributed by atoms with van der Waals surface area (Å²) in [5, 5.41) is 0.528. The summed E-state index contributed by atoms with van der Waals surface area (Å²) in [7, 11) is 0. The fourth-order valence-electron chi connectivity index (χ4n) is 2.94. The number of benzene rings is 2. The average Bonchev–Trinajstić information content (AvgIpc) is 2.57. The van der Waals surface area contributed by atoms with Crippen LogP contribution in [0.15, 0.2) is 48.5 Å². The molecular formula is C19H21ClN2O. The van der Waals surface area contributed by atoms with E-state index < -0.39 is 0 Å². The largest absolute Gasteiger partial charge is 0.336 e. The zero-order chi connectivity index (χ0) is 16.2. The molecule has 0 unspecified atom stereocenters. The molecule has 0 N–H and O–H groups in total. The lowest BCUT2D eigenvalue weighted by Crippen LogP contribution is -2.48. The van der Waals surface area contributed by atoms with Crippen LogP contribution < -0.4 is 0 Å². The maximum atomic E-state index is 12.6. The van der Waals surface area contributed by atoms with Crippen molar-refractivity contribution in [3.8, 4) is 0 Å². The highest BCUT2D eigenvalue weighted by atomic mass is 35.5. The van der Waals surface area contributed by atoms with Crippen LogP contribution in [-0.2, 0) is 6.54 Å². The molecule has 2 aromatic carbocycles. The maximum absolute atomic E-state index is 12.6. The first-order valence-corrected chi connectivity index (χ1v) is 8.33. The molecule has 0 aliphatic carbocycles. The zero-order valence-corrected chi connectivity index (χ0v) is 14.1. The van der Waals surface area contributed by atoms with Gasteiger partial charge in [0, 0.05) is 32.7 Å². The fraction of sp³-hybridized carbons (Fsp3) is 0.316. The number of nitrogens with zero attached hydrogens (tertiary/aromatic N) is 2. The van der Waals surface area contributed by atoms with E-state index in [1.165, 1.54) is 11.1 Å². The van der Waals surface area contributed by atoms with Crippen LogP contribution in [-0.4, -0.2) is 41.9 Å². The third-order valence-electron chi connectivity index (χ3n) is 4.42. The molecule has 1 aliphatic heterocycles. The molecule has 0 saturated carbocycles. The molecule has 1 heterocycles. The standard InChI is InChI=1S/C19H21ClN2O/c1-15-6-2-3-7-16(15)14-21-10-12-22(13-11-21)19(23)17-8-4-5-9-18(17)20/h2-9H,10-14H2,1H3. The first-order valence-electron chi connectivity index (χ1n) is 7.96. The molecule has 0 atom stereocenters. The molecule has 0 spiro atoms. The second-order valence-electron chi connectivity index (χ2n) is 5.97. The van der Waals surface area contributed by atoms with E-state index in [0.29, 0.717) is 10.6 Å². The van der Waals surface area contributed by atoms with Gasteiger partial charge >= 0.3 is 0 Å². The summed E-state index contributed by atoms with van der Waals surface area (Å²) in [5.74, 6) is 0.0335. The van der Waals surface area contributed by atoms with Crippen molar-refractivity contribution >= 4 is 17.5 Å². The monoisotopic (exact) mass is 328 g/mol. The van der Waals surface area contributed by atoms with E-state index in [0.717, 1.165) is 32.7 Å². The Morgan fingerprint density at radius 3 is 2.35 bits per heavy atom. The lowest BCUT2D eigenvalue weighted by molar-refractivity contribution is 0.0628. The van der Waals surface area contributed by atoms with Crippen LogP contribution in [0, 0.1) is 6.92 Å². The van der Waals surface area contributed by atoms with Gasteiger partial charge in [-0.1, -0.05) is 48.0 Å². The highest BCUT2D eigenvalue weighted by Crippen LogP contribution is 2.19.